The number of nitrogens with one attached hydrogen (secondary N) is 2. The molecule has 9 heteroatoms. The molecule has 0 atom stereocenters. The molecule has 0 spiro atoms. The third-order valence-corrected chi connectivity index (χ3v) is 3.11. The summed E-state index contributed by atoms with van der Waals surface area (Å²) < 4.78 is 32.7. The maximum absolute atomic E-state index is 12.2. The summed E-state index contributed by atoms with van der Waals surface area (Å²) in [7, 11) is -3.05. The minimum absolute atomic E-state index is 0.0195. The van der Waals surface area contributed by atoms with Gasteiger partial charge in [-0.3, -0.25) is 14.6 Å². The molecule has 0 radical (unpaired) electrons. The zero-order valence-electron chi connectivity index (χ0n) is 10.7. The lowest BCUT2D eigenvalue weighted by Crippen LogP contribution is -2.26. The molecule has 1 heterocycles. The van der Waals surface area contributed by atoms with E-state index in [2.05, 4.69) is 15.6 Å². The highest BCUT2D eigenvalue weighted by Gasteiger charge is 2.10. The van der Waals surface area contributed by atoms with Crippen LogP contribution in [0.15, 0.2) is 18.3 Å². The van der Waals surface area contributed by atoms with Gasteiger partial charge in [0.05, 0.1) is 11.3 Å². The van der Waals surface area contributed by atoms with Gasteiger partial charge in [-0.1, -0.05) is 0 Å². The third-order valence-electron chi connectivity index (χ3n) is 2.34. The number of nitrogens with zero attached hydrogens (tertiary/aromatic N) is 1. The maximum atomic E-state index is 12.2. The van der Waals surface area contributed by atoms with Crippen molar-refractivity contribution >= 4 is 22.0 Å². The Balaban J connectivity index is 2.50. The van der Waals surface area contributed by atoms with E-state index in [1.807, 2.05) is 0 Å². The van der Waals surface area contributed by atoms with E-state index in [1.54, 1.807) is 0 Å². The predicted molar refractivity (Wildman–Crippen MR) is 69.5 cm³/mol. The van der Waals surface area contributed by atoms with E-state index in [1.165, 1.54) is 25.4 Å². The van der Waals surface area contributed by atoms with Crippen molar-refractivity contribution in [2.75, 3.05) is 19.3 Å². The number of hydrogen-bond acceptors (Lipinski definition) is 5. The van der Waals surface area contributed by atoms with E-state index in [-0.39, 0.29) is 30.1 Å². The van der Waals surface area contributed by atoms with Crippen molar-refractivity contribution in [2.24, 2.45) is 0 Å². The lowest BCUT2D eigenvalue weighted by molar-refractivity contribution is 0.0942. The number of aromatic nitrogens is 1. The first-order chi connectivity index (χ1) is 9.33. The SMILES string of the molecule is CNC(=O)c1ccc(C(=O)NCCCS(=O)(=O)F)cn1. The maximum Gasteiger partial charge on any atom is 0.302 e. The van der Waals surface area contributed by atoms with Gasteiger partial charge < -0.3 is 10.6 Å². The van der Waals surface area contributed by atoms with Crippen LogP contribution in [0.5, 0.6) is 0 Å². The van der Waals surface area contributed by atoms with Gasteiger partial charge in [-0.15, -0.1) is 3.89 Å². The number of amides is 2. The van der Waals surface area contributed by atoms with Crippen molar-refractivity contribution in [1.29, 1.82) is 0 Å². The Morgan fingerprint density at radius 2 is 2.00 bits per heavy atom. The summed E-state index contributed by atoms with van der Waals surface area (Å²) in [5, 5.41) is 4.82. The van der Waals surface area contributed by atoms with E-state index < -0.39 is 21.9 Å². The van der Waals surface area contributed by atoms with E-state index in [0.29, 0.717) is 0 Å². The van der Waals surface area contributed by atoms with Crippen LogP contribution in [0.4, 0.5) is 3.89 Å². The Morgan fingerprint density at radius 3 is 2.50 bits per heavy atom. The number of halogens is 1. The van der Waals surface area contributed by atoms with Crippen LogP contribution in [-0.4, -0.2) is 44.6 Å². The highest BCUT2D eigenvalue weighted by molar-refractivity contribution is 7.86. The molecule has 1 aromatic heterocycles. The van der Waals surface area contributed by atoms with Gasteiger partial charge in [-0.25, -0.2) is 0 Å². The third kappa shape index (κ3) is 5.31. The summed E-state index contributed by atoms with van der Waals surface area (Å²) in [5.41, 5.74) is 0.397. The van der Waals surface area contributed by atoms with Gasteiger partial charge in [0.2, 0.25) is 0 Å². The highest BCUT2D eigenvalue weighted by atomic mass is 32.3. The molecular weight excluding hydrogens is 289 g/mol. The first-order valence-corrected chi connectivity index (χ1v) is 7.27. The first-order valence-electron chi connectivity index (χ1n) is 5.72. The fourth-order valence-corrected chi connectivity index (χ4v) is 1.83. The van der Waals surface area contributed by atoms with Crippen molar-refractivity contribution in [1.82, 2.24) is 15.6 Å². The summed E-state index contributed by atoms with van der Waals surface area (Å²) in [6.07, 6.45) is 1.21. The average Bonchev–Trinajstić information content (AvgIpc) is 2.41. The van der Waals surface area contributed by atoms with Gasteiger partial charge in [0.25, 0.3) is 11.8 Å². The van der Waals surface area contributed by atoms with Crippen molar-refractivity contribution in [3.63, 3.8) is 0 Å². The number of pyridine rings is 1. The average molecular weight is 303 g/mol. The molecule has 1 rings (SSSR count). The van der Waals surface area contributed by atoms with Crippen molar-refractivity contribution in [3.8, 4) is 0 Å². The minimum atomic E-state index is -4.51. The second-order valence-corrected chi connectivity index (χ2v) is 5.35. The Bertz CT molecular complexity index is 586. The summed E-state index contributed by atoms with van der Waals surface area (Å²) in [5.74, 6) is -1.48. The molecule has 0 unspecified atom stereocenters. The Morgan fingerprint density at radius 1 is 1.30 bits per heavy atom. The molecule has 0 saturated heterocycles. The molecule has 0 saturated carbocycles. The zero-order valence-corrected chi connectivity index (χ0v) is 11.5. The fourth-order valence-electron chi connectivity index (χ4n) is 1.34. The van der Waals surface area contributed by atoms with Crippen LogP contribution in [0.3, 0.4) is 0 Å². The molecule has 20 heavy (non-hydrogen) atoms. The Kier molecular flexibility index (Phi) is 5.56. The molecule has 1 aromatic rings. The largest absolute Gasteiger partial charge is 0.354 e. The lowest BCUT2D eigenvalue weighted by atomic mass is 10.2. The lowest BCUT2D eigenvalue weighted by Gasteiger charge is -2.04. The molecule has 0 fully saturated rings. The van der Waals surface area contributed by atoms with E-state index in [4.69, 9.17) is 0 Å². The molecule has 110 valence electrons. The van der Waals surface area contributed by atoms with E-state index in [9.17, 15) is 21.9 Å². The molecular formula is C11H14FN3O4S. The van der Waals surface area contributed by atoms with Crippen LogP contribution >= 0.6 is 0 Å². The highest BCUT2D eigenvalue weighted by Crippen LogP contribution is 2.01. The smallest absolute Gasteiger partial charge is 0.302 e. The molecule has 7 nitrogen and oxygen atoms in total. The van der Waals surface area contributed by atoms with Gasteiger partial charge in [0.1, 0.15) is 5.69 Å². The normalized spacial score (nSPS) is 10.9. The minimum Gasteiger partial charge on any atom is -0.354 e. The second-order valence-electron chi connectivity index (χ2n) is 3.86. The second kappa shape index (κ2) is 6.94. The van der Waals surface area contributed by atoms with E-state index in [0.717, 1.165) is 0 Å². The van der Waals surface area contributed by atoms with Crippen molar-refractivity contribution < 1.29 is 21.9 Å². The van der Waals surface area contributed by atoms with Crippen molar-refractivity contribution in [2.45, 2.75) is 6.42 Å². The molecule has 2 amide bonds. The van der Waals surface area contributed by atoms with Gasteiger partial charge in [-0.2, -0.15) is 8.42 Å². The van der Waals surface area contributed by atoms with Gasteiger partial charge in [0.15, 0.2) is 0 Å². The summed E-state index contributed by atoms with van der Waals surface area (Å²) in [4.78, 5) is 26.7. The zero-order chi connectivity index (χ0) is 15.2. The van der Waals surface area contributed by atoms with Gasteiger partial charge in [-0.05, 0) is 18.6 Å². The standard InChI is InChI=1S/C11H14FN3O4S/c1-13-11(17)9-4-3-8(7-15-9)10(16)14-5-2-6-20(12,18)19/h3-4,7H,2,5-6H2,1H3,(H,13,17)(H,14,16). The summed E-state index contributed by atoms with van der Waals surface area (Å²) in [6.45, 7) is 0.0270. The summed E-state index contributed by atoms with van der Waals surface area (Å²) >= 11 is 0. The van der Waals surface area contributed by atoms with Gasteiger partial charge in [0, 0.05) is 19.8 Å². The van der Waals surface area contributed by atoms with Gasteiger partial charge >= 0.3 is 10.2 Å². The van der Waals surface area contributed by atoms with Crippen LogP contribution < -0.4 is 10.6 Å². The molecule has 0 bridgehead atoms. The van der Waals surface area contributed by atoms with Crippen molar-refractivity contribution in [3.05, 3.63) is 29.6 Å². The number of rotatable bonds is 6. The molecule has 0 aliphatic rings. The number of hydrogen-bond donors (Lipinski definition) is 2. The van der Waals surface area contributed by atoms with Crippen LogP contribution in [0.1, 0.15) is 27.3 Å². The number of carbonyl (C=O) groups is 2. The first kappa shape index (κ1) is 16.0. The van der Waals surface area contributed by atoms with Crippen LogP contribution in [-0.2, 0) is 10.2 Å². The molecule has 2 N–H and O–H groups in total. The number of carbonyl (C=O) groups excluding carboxylic acids is 2. The van der Waals surface area contributed by atoms with Crippen LogP contribution in [0.2, 0.25) is 0 Å². The molecule has 0 aliphatic carbocycles. The monoisotopic (exact) mass is 303 g/mol. The quantitative estimate of drug-likeness (QED) is 0.562. The Labute approximate surface area is 115 Å². The van der Waals surface area contributed by atoms with E-state index >= 15 is 0 Å². The predicted octanol–water partition coefficient (Wildman–Crippen LogP) is -0.140. The fraction of sp³-hybridized carbons (Fsp3) is 0.364. The van der Waals surface area contributed by atoms with Crippen LogP contribution in [0, 0.1) is 0 Å². The topological polar surface area (TPSA) is 105 Å². The Hall–Kier alpha value is -2.03. The molecule has 0 aromatic carbocycles. The van der Waals surface area contributed by atoms with Crippen LogP contribution in [0.25, 0.3) is 0 Å². The molecule has 0 aliphatic heterocycles. The summed E-state index contributed by atoms with van der Waals surface area (Å²) in [6, 6.07) is 2.80.